The fourth-order valence-electron chi connectivity index (χ4n) is 4.91. The van der Waals surface area contributed by atoms with Gasteiger partial charge in [-0.15, -0.1) is 0 Å². The van der Waals surface area contributed by atoms with Gasteiger partial charge in [0.25, 0.3) is 5.56 Å². The highest BCUT2D eigenvalue weighted by atomic mass is 16.2. The molecule has 0 unspecified atom stereocenters. The maximum absolute atomic E-state index is 12.9. The second kappa shape index (κ2) is 6.02. The molecule has 2 aromatic rings. The standard InChI is InChI=1S/C21H24N4O2/c22-21(4-2-5-21)20(27)24-11-14-7-17(13-24)18-8-16(9-19(26)25(18)12-14)15-3-1-6-23-10-15/h1,3,6,8-10,14,17H,2,4-5,7,11-13,22H2/t14-,17+/m0/s1. The fraction of sp³-hybridized carbons (Fsp3) is 0.476. The van der Waals surface area contributed by atoms with E-state index in [1.54, 1.807) is 18.5 Å². The Balaban J connectivity index is 1.49. The molecule has 5 rings (SSSR count). The summed E-state index contributed by atoms with van der Waals surface area (Å²) in [6, 6.07) is 7.65. The molecule has 2 atom stereocenters. The first-order valence-electron chi connectivity index (χ1n) is 9.77. The van der Waals surface area contributed by atoms with Crippen LogP contribution in [0.1, 0.15) is 37.3 Å². The fourth-order valence-corrected chi connectivity index (χ4v) is 4.91. The first-order chi connectivity index (χ1) is 13.0. The number of nitrogens with two attached hydrogens (primary N) is 1. The second-order valence-electron chi connectivity index (χ2n) is 8.38. The van der Waals surface area contributed by atoms with Crippen LogP contribution in [0.5, 0.6) is 0 Å². The van der Waals surface area contributed by atoms with Gasteiger partial charge in [0, 0.05) is 55.3 Å². The van der Waals surface area contributed by atoms with E-state index in [9.17, 15) is 9.59 Å². The summed E-state index contributed by atoms with van der Waals surface area (Å²) in [6.45, 7) is 2.05. The Bertz CT molecular complexity index is 948. The zero-order valence-corrected chi connectivity index (χ0v) is 15.3. The Morgan fingerprint density at radius 1 is 1.19 bits per heavy atom. The number of rotatable bonds is 2. The first-order valence-corrected chi connectivity index (χ1v) is 9.77. The minimum Gasteiger partial charge on any atom is -0.340 e. The average Bonchev–Trinajstić information content (AvgIpc) is 2.66. The van der Waals surface area contributed by atoms with E-state index in [2.05, 4.69) is 11.1 Å². The summed E-state index contributed by atoms with van der Waals surface area (Å²) >= 11 is 0. The zero-order chi connectivity index (χ0) is 18.6. The number of carbonyl (C=O) groups excluding carboxylic acids is 1. The average molecular weight is 364 g/mol. The van der Waals surface area contributed by atoms with Gasteiger partial charge in [0.05, 0.1) is 5.54 Å². The van der Waals surface area contributed by atoms with E-state index in [0.717, 1.165) is 42.5 Å². The number of carbonyl (C=O) groups is 1. The maximum atomic E-state index is 12.9. The van der Waals surface area contributed by atoms with Gasteiger partial charge < -0.3 is 15.2 Å². The number of aromatic nitrogens is 2. The third-order valence-corrected chi connectivity index (χ3v) is 6.51. The number of hydrogen-bond donors (Lipinski definition) is 1. The number of hydrogen-bond acceptors (Lipinski definition) is 4. The number of amides is 1. The molecule has 2 bridgehead atoms. The monoisotopic (exact) mass is 364 g/mol. The molecule has 1 saturated heterocycles. The molecule has 2 aliphatic heterocycles. The molecule has 1 aliphatic carbocycles. The predicted octanol–water partition coefficient (Wildman–Crippen LogP) is 1.74. The normalized spacial score (nSPS) is 25.4. The number of fused-ring (bicyclic) bond motifs is 4. The van der Waals surface area contributed by atoms with E-state index < -0.39 is 5.54 Å². The number of piperidine rings is 1. The van der Waals surface area contributed by atoms with Crippen LogP contribution >= 0.6 is 0 Å². The van der Waals surface area contributed by atoms with Crippen LogP contribution in [0.4, 0.5) is 0 Å². The van der Waals surface area contributed by atoms with E-state index in [4.69, 9.17) is 5.73 Å². The molecule has 2 N–H and O–H groups in total. The Hall–Kier alpha value is -2.47. The maximum Gasteiger partial charge on any atom is 0.251 e. The summed E-state index contributed by atoms with van der Waals surface area (Å²) < 4.78 is 1.90. The van der Waals surface area contributed by atoms with Crippen molar-refractivity contribution in [3.05, 3.63) is 52.7 Å². The smallest absolute Gasteiger partial charge is 0.251 e. The molecule has 1 amide bonds. The van der Waals surface area contributed by atoms with Crippen molar-refractivity contribution in [3.63, 3.8) is 0 Å². The molecule has 0 spiro atoms. The van der Waals surface area contributed by atoms with Crippen LogP contribution in [0.25, 0.3) is 11.1 Å². The number of pyridine rings is 2. The minimum absolute atomic E-state index is 0.0371. The zero-order valence-electron chi connectivity index (χ0n) is 15.3. The molecule has 0 aromatic carbocycles. The molecular formula is C21H24N4O2. The van der Waals surface area contributed by atoms with Gasteiger partial charge in [-0.25, -0.2) is 0 Å². The van der Waals surface area contributed by atoms with Gasteiger partial charge in [0.15, 0.2) is 0 Å². The summed E-state index contributed by atoms with van der Waals surface area (Å²) in [6.07, 6.45) is 7.15. The van der Waals surface area contributed by atoms with Gasteiger partial charge in [-0.1, -0.05) is 6.07 Å². The highest BCUT2D eigenvalue weighted by Gasteiger charge is 2.46. The van der Waals surface area contributed by atoms with Gasteiger partial charge >= 0.3 is 0 Å². The molecule has 140 valence electrons. The first kappa shape index (κ1) is 16.7. The largest absolute Gasteiger partial charge is 0.340 e. The quantitative estimate of drug-likeness (QED) is 0.880. The SMILES string of the molecule is NC1(C(=O)N2C[C@@H]3C[C@H](C2)c2cc(-c4cccnc4)cc(=O)n2C3)CCC1. The van der Waals surface area contributed by atoms with Gasteiger partial charge in [0.1, 0.15) is 0 Å². The Morgan fingerprint density at radius 2 is 2.04 bits per heavy atom. The van der Waals surface area contributed by atoms with Crippen LogP contribution < -0.4 is 11.3 Å². The van der Waals surface area contributed by atoms with Crippen molar-refractivity contribution in [2.24, 2.45) is 11.7 Å². The van der Waals surface area contributed by atoms with Gasteiger partial charge in [-0.05, 0) is 49.3 Å². The van der Waals surface area contributed by atoms with Crippen molar-refractivity contribution in [1.82, 2.24) is 14.5 Å². The van der Waals surface area contributed by atoms with Gasteiger partial charge in [-0.2, -0.15) is 0 Å². The molecule has 0 radical (unpaired) electrons. The molecular weight excluding hydrogens is 340 g/mol. The Kier molecular flexibility index (Phi) is 3.72. The van der Waals surface area contributed by atoms with Gasteiger partial charge in [0.2, 0.25) is 5.91 Å². The third-order valence-electron chi connectivity index (χ3n) is 6.51. The summed E-state index contributed by atoms with van der Waals surface area (Å²) in [7, 11) is 0. The molecule has 4 heterocycles. The lowest BCUT2D eigenvalue weighted by Gasteiger charge is -2.47. The van der Waals surface area contributed by atoms with Crippen LogP contribution in [-0.2, 0) is 11.3 Å². The lowest BCUT2D eigenvalue weighted by molar-refractivity contribution is -0.143. The summed E-state index contributed by atoms with van der Waals surface area (Å²) in [4.78, 5) is 31.8. The lowest BCUT2D eigenvalue weighted by atomic mass is 9.75. The minimum atomic E-state index is -0.650. The molecule has 3 aliphatic rings. The van der Waals surface area contributed by atoms with E-state index in [1.165, 1.54) is 0 Å². The van der Waals surface area contributed by atoms with Crippen LogP contribution in [0.3, 0.4) is 0 Å². The number of nitrogens with zero attached hydrogens (tertiary/aromatic N) is 3. The van der Waals surface area contributed by atoms with Crippen molar-refractivity contribution >= 4 is 5.91 Å². The molecule has 6 nitrogen and oxygen atoms in total. The lowest BCUT2D eigenvalue weighted by Crippen LogP contribution is -2.62. The molecule has 1 saturated carbocycles. The number of likely N-dealkylation sites (tertiary alicyclic amines) is 1. The highest BCUT2D eigenvalue weighted by Crippen LogP contribution is 2.39. The van der Waals surface area contributed by atoms with Crippen LogP contribution in [0.2, 0.25) is 0 Å². The van der Waals surface area contributed by atoms with Crippen molar-refractivity contribution in [3.8, 4) is 11.1 Å². The van der Waals surface area contributed by atoms with Crippen molar-refractivity contribution in [2.75, 3.05) is 13.1 Å². The van der Waals surface area contributed by atoms with E-state index in [-0.39, 0.29) is 17.4 Å². The van der Waals surface area contributed by atoms with Gasteiger partial charge in [-0.3, -0.25) is 14.6 Å². The van der Waals surface area contributed by atoms with E-state index >= 15 is 0 Å². The molecule has 6 heteroatoms. The molecule has 2 fully saturated rings. The summed E-state index contributed by atoms with van der Waals surface area (Å²) in [5.74, 6) is 0.614. The summed E-state index contributed by atoms with van der Waals surface area (Å²) in [5.41, 5.74) is 8.56. The van der Waals surface area contributed by atoms with E-state index in [0.29, 0.717) is 25.6 Å². The predicted molar refractivity (Wildman–Crippen MR) is 102 cm³/mol. The highest BCUT2D eigenvalue weighted by molar-refractivity contribution is 5.87. The van der Waals surface area contributed by atoms with Crippen molar-refractivity contribution in [2.45, 2.75) is 43.7 Å². The molecule has 2 aromatic heterocycles. The van der Waals surface area contributed by atoms with Crippen LogP contribution in [0.15, 0.2) is 41.5 Å². The van der Waals surface area contributed by atoms with Crippen LogP contribution in [0, 0.1) is 5.92 Å². The van der Waals surface area contributed by atoms with E-state index in [1.807, 2.05) is 21.6 Å². The third kappa shape index (κ3) is 2.70. The van der Waals surface area contributed by atoms with Crippen LogP contribution in [-0.4, -0.2) is 39.0 Å². The molecule has 27 heavy (non-hydrogen) atoms. The van der Waals surface area contributed by atoms with Crippen molar-refractivity contribution in [1.29, 1.82) is 0 Å². The van der Waals surface area contributed by atoms with Crippen molar-refractivity contribution < 1.29 is 4.79 Å². The summed E-state index contributed by atoms with van der Waals surface area (Å²) in [5, 5.41) is 0. The Morgan fingerprint density at radius 3 is 2.74 bits per heavy atom. The second-order valence-corrected chi connectivity index (χ2v) is 8.38. The topological polar surface area (TPSA) is 81.2 Å². The Labute approximate surface area is 158 Å².